The van der Waals surface area contributed by atoms with Crippen LogP contribution in [0.15, 0.2) is 11.6 Å². The summed E-state index contributed by atoms with van der Waals surface area (Å²) < 4.78 is 0. The third-order valence-corrected chi connectivity index (χ3v) is 0.690. The van der Waals surface area contributed by atoms with Crippen molar-refractivity contribution in [2.45, 2.75) is 6.92 Å². The van der Waals surface area contributed by atoms with Gasteiger partial charge in [0.1, 0.15) is 0 Å². The number of allylic oxidation sites excluding steroid dienone is 1. The van der Waals surface area contributed by atoms with Crippen LogP contribution >= 0.6 is 11.6 Å². The lowest BCUT2D eigenvalue weighted by Gasteiger charge is -1.82. The molecular weight excluding hydrogens is 97.5 g/mol. The van der Waals surface area contributed by atoms with Gasteiger partial charge in [-0.05, 0) is 6.92 Å². The van der Waals surface area contributed by atoms with Crippen molar-refractivity contribution in [1.82, 2.24) is 0 Å². The van der Waals surface area contributed by atoms with E-state index in [9.17, 15) is 0 Å². The van der Waals surface area contributed by atoms with Crippen molar-refractivity contribution in [3.8, 4) is 0 Å². The van der Waals surface area contributed by atoms with Crippen LogP contribution in [0.5, 0.6) is 0 Å². The van der Waals surface area contributed by atoms with E-state index < -0.39 is 0 Å². The summed E-state index contributed by atoms with van der Waals surface area (Å²) in [6.45, 7) is 4.89. The lowest BCUT2D eigenvalue weighted by Crippen LogP contribution is -1.81. The van der Waals surface area contributed by atoms with Gasteiger partial charge in [0.25, 0.3) is 0 Å². The summed E-state index contributed by atoms with van der Waals surface area (Å²) >= 11 is 5.19. The summed E-state index contributed by atoms with van der Waals surface area (Å²) in [5.74, 6) is 0. The first-order chi connectivity index (χ1) is 2.64. The molecule has 0 aliphatic carbocycles. The van der Waals surface area contributed by atoms with Gasteiger partial charge >= 0.3 is 0 Å². The summed E-state index contributed by atoms with van der Waals surface area (Å²) in [6, 6.07) is 0. The van der Waals surface area contributed by atoms with E-state index in [0.717, 1.165) is 0 Å². The SMILES string of the molecule is C=C(Cl)C(C)=N. The minimum Gasteiger partial charge on any atom is -0.304 e. The van der Waals surface area contributed by atoms with E-state index in [1.807, 2.05) is 0 Å². The summed E-state index contributed by atoms with van der Waals surface area (Å²) in [7, 11) is 0. The average Bonchev–Trinajstić information content (AvgIpc) is 1.36. The van der Waals surface area contributed by atoms with E-state index in [1.54, 1.807) is 6.92 Å². The molecule has 1 nitrogen and oxygen atoms in total. The largest absolute Gasteiger partial charge is 0.304 e. The highest BCUT2D eigenvalue weighted by molar-refractivity contribution is 6.42. The Bertz CT molecular complexity index is 73.5. The minimum atomic E-state index is 0.315. The second-order valence-electron chi connectivity index (χ2n) is 1.03. The Balaban J connectivity index is 3.57. The van der Waals surface area contributed by atoms with Crippen LogP contribution in [0.2, 0.25) is 0 Å². The summed E-state index contributed by atoms with van der Waals surface area (Å²) in [5, 5.41) is 7.03. The summed E-state index contributed by atoms with van der Waals surface area (Å²) in [5.41, 5.74) is 0.330. The molecule has 0 heterocycles. The van der Waals surface area contributed by atoms with Gasteiger partial charge in [0.2, 0.25) is 0 Å². The zero-order valence-corrected chi connectivity index (χ0v) is 4.34. The molecule has 0 amide bonds. The molecule has 0 fully saturated rings. The molecule has 0 aromatic rings. The van der Waals surface area contributed by atoms with Gasteiger partial charge in [0, 0.05) is 5.71 Å². The van der Waals surface area contributed by atoms with Crippen LogP contribution in [0, 0.1) is 5.41 Å². The van der Waals surface area contributed by atoms with Crippen LogP contribution in [0.1, 0.15) is 6.92 Å². The number of hydrogen-bond acceptors (Lipinski definition) is 1. The molecule has 0 radical (unpaired) electrons. The quantitative estimate of drug-likeness (QED) is 0.489. The predicted molar refractivity (Wildman–Crippen MR) is 28.4 cm³/mol. The highest BCUT2D eigenvalue weighted by Gasteiger charge is 1.83. The number of rotatable bonds is 1. The maximum absolute atomic E-state index is 6.72. The van der Waals surface area contributed by atoms with Gasteiger partial charge in [0.05, 0.1) is 5.03 Å². The minimum absolute atomic E-state index is 0.315. The van der Waals surface area contributed by atoms with Gasteiger partial charge < -0.3 is 5.41 Å². The van der Waals surface area contributed by atoms with Gasteiger partial charge in [-0.2, -0.15) is 0 Å². The zero-order chi connectivity index (χ0) is 5.15. The van der Waals surface area contributed by atoms with E-state index in [1.165, 1.54) is 0 Å². The van der Waals surface area contributed by atoms with Crippen molar-refractivity contribution in [2.24, 2.45) is 0 Å². The van der Waals surface area contributed by atoms with E-state index >= 15 is 0 Å². The smallest absolute Gasteiger partial charge is 0.0539 e. The molecule has 0 aromatic heterocycles. The molecule has 34 valence electrons. The first-order valence-electron chi connectivity index (χ1n) is 1.54. The normalized spacial score (nSPS) is 7.67. The van der Waals surface area contributed by atoms with Gasteiger partial charge in [-0.15, -0.1) is 0 Å². The predicted octanol–water partition coefficient (Wildman–Crippen LogP) is 1.78. The molecule has 0 aromatic carbocycles. The Labute approximate surface area is 42.1 Å². The van der Waals surface area contributed by atoms with Crippen LogP contribution in [-0.2, 0) is 0 Å². The first-order valence-corrected chi connectivity index (χ1v) is 1.92. The Hall–Kier alpha value is -0.300. The molecular formula is C4H6ClN. The van der Waals surface area contributed by atoms with Gasteiger partial charge in [-0.1, -0.05) is 18.2 Å². The second-order valence-corrected chi connectivity index (χ2v) is 1.49. The van der Waals surface area contributed by atoms with Crippen LogP contribution in [0.3, 0.4) is 0 Å². The van der Waals surface area contributed by atoms with E-state index in [0.29, 0.717) is 10.7 Å². The van der Waals surface area contributed by atoms with Crippen LogP contribution in [0.4, 0.5) is 0 Å². The zero-order valence-electron chi connectivity index (χ0n) is 3.59. The second kappa shape index (κ2) is 1.98. The summed E-state index contributed by atoms with van der Waals surface area (Å²) in [6.07, 6.45) is 0. The standard InChI is InChI=1S/C4H6ClN/c1-3(5)4(2)6/h6H,1H2,2H3. The molecule has 0 saturated heterocycles. The van der Waals surface area contributed by atoms with Crippen molar-refractivity contribution in [3.63, 3.8) is 0 Å². The fourth-order valence-corrected chi connectivity index (χ4v) is 0. The first kappa shape index (κ1) is 5.70. The maximum Gasteiger partial charge on any atom is 0.0539 e. The Kier molecular flexibility index (Phi) is 1.88. The van der Waals surface area contributed by atoms with Crippen molar-refractivity contribution in [1.29, 1.82) is 5.41 Å². The molecule has 0 bridgehead atoms. The van der Waals surface area contributed by atoms with Crippen molar-refractivity contribution in [2.75, 3.05) is 0 Å². The molecule has 0 atom stereocenters. The van der Waals surface area contributed by atoms with Crippen LogP contribution < -0.4 is 0 Å². The van der Waals surface area contributed by atoms with E-state index in [2.05, 4.69) is 6.58 Å². The molecule has 0 aliphatic heterocycles. The Morgan fingerprint density at radius 3 is 2.00 bits per heavy atom. The molecule has 0 saturated carbocycles. The van der Waals surface area contributed by atoms with Crippen LogP contribution in [0.25, 0.3) is 0 Å². The highest BCUT2D eigenvalue weighted by Crippen LogP contribution is 1.95. The molecule has 0 aliphatic rings. The molecule has 0 spiro atoms. The highest BCUT2D eigenvalue weighted by atomic mass is 35.5. The third kappa shape index (κ3) is 1.97. The molecule has 0 unspecified atom stereocenters. The fraction of sp³-hybridized carbons (Fsp3) is 0.250. The molecule has 2 heteroatoms. The Morgan fingerprint density at radius 1 is 1.83 bits per heavy atom. The van der Waals surface area contributed by atoms with E-state index in [-0.39, 0.29) is 0 Å². The van der Waals surface area contributed by atoms with Gasteiger partial charge in [-0.3, -0.25) is 0 Å². The third-order valence-electron chi connectivity index (χ3n) is 0.407. The average molecular weight is 104 g/mol. The van der Waals surface area contributed by atoms with Crippen molar-refractivity contribution in [3.05, 3.63) is 11.6 Å². The fourth-order valence-electron chi connectivity index (χ4n) is 0. The summed E-state index contributed by atoms with van der Waals surface area (Å²) in [4.78, 5) is 0. The number of nitrogens with one attached hydrogen (secondary N) is 1. The molecule has 1 N–H and O–H groups in total. The molecule has 6 heavy (non-hydrogen) atoms. The topological polar surface area (TPSA) is 23.9 Å². The van der Waals surface area contributed by atoms with Crippen molar-refractivity contribution >= 4 is 17.3 Å². The lowest BCUT2D eigenvalue weighted by atomic mass is 10.4. The number of hydrogen-bond donors (Lipinski definition) is 1. The van der Waals surface area contributed by atoms with Crippen LogP contribution in [-0.4, -0.2) is 5.71 Å². The monoisotopic (exact) mass is 103 g/mol. The lowest BCUT2D eigenvalue weighted by molar-refractivity contribution is 1.49. The van der Waals surface area contributed by atoms with Crippen molar-refractivity contribution < 1.29 is 0 Å². The Morgan fingerprint density at radius 2 is 2.00 bits per heavy atom. The van der Waals surface area contributed by atoms with E-state index in [4.69, 9.17) is 17.0 Å². The van der Waals surface area contributed by atoms with Gasteiger partial charge in [-0.25, -0.2) is 0 Å². The van der Waals surface area contributed by atoms with Gasteiger partial charge in [0.15, 0.2) is 0 Å². The maximum atomic E-state index is 6.72. The number of halogens is 1. The molecule has 0 rings (SSSR count).